The van der Waals surface area contributed by atoms with Crippen LogP contribution >= 0.6 is 0 Å². The number of carbonyl (C=O) groups is 2. The Morgan fingerprint density at radius 3 is 2.53 bits per heavy atom. The number of nitrogens with two attached hydrogens (primary N) is 1. The average molecular weight is 471 g/mol. The Morgan fingerprint density at radius 1 is 1.06 bits per heavy atom. The summed E-state index contributed by atoms with van der Waals surface area (Å²) in [5.74, 6) is -1.91. The van der Waals surface area contributed by atoms with Gasteiger partial charge in [0.1, 0.15) is 11.3 Å². The summed E-state index contributed by atoms with van der Waals surface area (Å²) in [6.07, 6.45) is 5.48. The van der Waals surface area contributed by atoms with Gasteiger partial charge in [-0.3, -0.25) is 19.5 Å². The number of pyridine rings is 1. The van der Waals surface area contributed by atoms with Crippen molar-refractivity contribution < 1.29 is 18.4 Å². The Labute approximate surface area is 193 Å². The third-order valence-electron chi connectivity index (χ3n) is 6.07. The van der Waals surface area contributed by atoms with E-state index in [9.17, 15) is 18.4 Å². The van der Waals surface area contributed by atoms with Crippen molar-refractivity contribution >= 4 is 34.7 Å². The Hall–Kier alpha value is -3.87. The van der Waals surface area contributed by atoms with Crippen LogP contribution < -0.4 is 16.0 Å². The zero-order chi connectivity index (χ0) is 23.8. The van der Waals surface area contributed by atoms with Gasteiger partial charge in [-0.15, -0.1) is 5.10 Å². The number of amides is 2. The molecule has 5 heterocycles. The molecule has 0 bridgehead atoms. The zero-order valence-corrected chi connectivity index (χ0v) is 18.2. The molecule has 0 radical (unpaired) electrons. The number of halogens is 2. The number of nitrogens with zero attached hydrogens (tertiary/aromatic N) is 7. The Morgan fingerprint density at radius 2 is 1.82 bits per heavy atom. The minimum atomic E-state index is -0.668. The first-order valence-corrected chi connectivity index (χ1v) is 10.9. The van der Waals surface area contributed by atoms with Gasteiger partial charge in [-0.25, -0.2) is 18.3 Å². The monoisotopic (exact) mass is 471 g/mol. The normalized spacial score (nSPS) is 16.5. The van der Waals surface area contributed by atoms with Crippen molar-refractivity contribution in [1.82, 2.24) is 29.4 Å². The van der Waals surface area contributed by atoms with Crippen LogP contribution in [0.25, 0.3) is 5.65 Å². The quantitative estimate of drug-likeness (QED) is 0.554. The first kappa shape index (κ1) is 21.9. The van der Waals surface area contributed by atoms with Gasteiger partial charge in [-0.05, 0) is 6.42 Å². The van der Waals surface area contributed by atoms with Gasteiger partial charge in [0.25, 0.3) is 5.91 Å². The molecule has 11 nitrogen and oxygen atoms in total. The predicted octanol–water partition coefficient (Wildman–Crippen LogP) is 0.591. The van der Waals surface area contributed by atoms with Crippen molar-refractivity contribution in [3.05, 3.63) is 42.0 Å². The number of aromatic nitrogens is 4. The average Bonchev–Trinajstić information content (AvgIpc) is 3.08. The number of hydrogen-bond donors (Lipinski definition) is 2. The summed E-state index contributed by atoms with van der Waals surface area (Å²) in [4.78, 5) is 38.7. The second-order valence-electron chi connectivity index (χ2n) is 8.27. The Balaban J connectivity index is 1.32. The van der Waals surface area contributed by atoms with Crippen LogP contribution in [0.2, 0.25) is 0 Å². The highest BCUT2D eigenvalue weighted by Crippen LogP contribution is 2.30. The lowest BCUT2D eigenvalue weighted by molar-refractivity contribution is -0.135. The van der Waals surface area contributed by atoms with Crippen molar-refractivity contribution in [1.29, 1.82) is 0 Å². The minimum absolute atomic E-state index is 0.0514. The highest BCUT2D eigenvalue weighted by atomic mass is 19.1. The molecular weight excluding hydrogens is 448 g/mol. The van der Waals surface area contributed by atoms with Gasteiger partial charge in [0.15, 0.2) is 23.1 Å². The number of piperazine rings is 1. The lowest BCUT2D eigenvalue weighted by atomic mass is 10.2. The van der Waals surface area contributed by atoms with Gasteiger partial charge >= 0.3 is 0 Å². The van der Waals surface area contributed by atoms with E-state index in [1.165, 1.54) is 6.20 Å². The molecule has 0 unspecified atom stereocenters. The van der Waals surface area contributed by atoms with Crippen LogP contribution in [0.4, 0.5) is 26.0 Å². The van der Waals surface area contributed by atoms with E-state index in [0.29, 0.717) is 32.7 Å². The number of likely N-dealkylation sites (tertiary alicyclic amines) is 1. The molecule has 5 rings (SSSR count). The maximum atomic E-state index is 14.8. The third kappa shape index (κ3) is 4.09. The summed E-state index contributed by atoms with van der Waals surface area (Å²) in [7, 11) is 0. The largest absolute Gasteiger partial charge is 0.381 e. The Kier molecular flexibility index (Phi) is 5.69. The molecule has 3 aromatic heterocycles. The summed E-state index contributed by atoms with van der Waals surface area (Å²) >= 11 is 0. The molecule has 0 saturated carbocycles. The predicted molar refractivity (Wildman–Crippen MR) is 119 cm³/mol. The fraction of sp³-hybridized carbons (Fsp3) is 0.381. The third-order valence-corrected chi connectivity index (χ3v) is 6.07. The molecule has 0 spiro atoms. The summed E-state index contributed by atoms with van der Waals surface area (Å²) in [6, 6.07) is 0. The van der Waals surface area contributed by atoms with Gasteiger partial charge in [-0.2, -0.15) is 0 Å². The molecule has 2 saturated heterocycles. The van der Waals surface area contributed by atoms with Crippen molar-refractivity contribution in [2.45, 2.75) is 6.42 Å². The van der Waals surface area contributed by atoms with E-state index in [1.54, 1.807) is 0 Å². The second-order valence-corrected chi connectivity index (χ2v) is 8.27. The van der Waals surface area contributed by atoms with Gasteiger partial charge in [0, 0.05) is 39.3 Å². The van der Waals surface area contributed by atoms with E-state index in [2.05, 4.69) is 20.4 Å². The number of nitrogens with one attached hydrogen (secondary N) is 1. The van der Waals surface area contributed by atoms with E-state index < -0.39 is 17.5 Å². The summed E-state index contributed by atoms with van der Waals surface area (Å²) in [6.45, 7) is 4.05. The summed E-state index contributed by atoms with van der Waals surface area (Å²) in [5, 5.41) is 6.56. The van der Waals surface area contributed by atoms with E-state index >= 15 is 0 Å². The zero-order valence-electron chi connectivity index (χ0n) is 18.2. The van der Waals surface area contributed by atoms with E-state index in [0.717, 1.165) is 42.6 Å². The number of anilines is 3. The molecule has 0 aromatic carbocycles. The fourth-order valence-corrected chi connectivity index (χ4v) is 4.16. The molecule has 0 atom stereocenters. The number of rotatable bonds is 5. The first-order valence-electron chi connectivity index (χ1n) is 10.9. The standard InChI is InChI=1S/C21H23F2N9O2/c22-13-8-26-20-17(19(24)28-32(20)11-13)21(34)27-15-10-25-9-14(23)18(15)31-6-4-29(5-7-31)12-16(33)30-2-1-3-30/h8-11H,1-7,12H2,(H2,24,28)(H,27,34). The van der Waals surface area contributed by atoms with Crippen LogP contribution in [0.15, 0.2) is 24.8 Å². The molecule has 2 fully saturated rings. The highest BCUT2D eigenvalue weighted by molar-refractivity contribution is 6.12. The van der Waals surface area contributed by atoms with Crippen LogP contribution in [-0.4, -0.2) is 87.0 Å². The van der Waals surface area contributed by atoms with E-state index in [4.69, 9.17) is 5.73 Å². The van der Waals surface area contributed by atoms with Crippen LogP contribution in [0, 0.1) is 11.6 Å². The van der Waals surface area contributed by atoms with Crippen LogP contribution in [0.3, 0.4) is 0 Å². The molecule has 3 aromatic rings. The molecule has 34 heavy (non-hydrogen) atoms. The molecule has 2 amide bonds. The van der Waals surface area contributed by atoms with Crippen LogP contribution in [0.1, 0.15) is 16.8 Å². The van der Waals surface area contributed by atoms with Gasteiger partial charge < -0.3 is 20.9 Å². The molecule has 178 valence electrons. The molecule has 2 aliphatic heterocycles. The van der Waals surface area contributed by atoms with Crippen molar-refractivity contribution in [3.63, 3.8) is 0 Å². The van der Waals surface area contributed by atoms with E-state index in [1.807, 2.05) is 14.7 Å². The maximum absolute atomic E-state index is 14.8. The molecule has 0 aliphatic carbocycles. The van der Waals surface area contributed by atoms with E-state index in [-0.39, 0.29) is 34.3 Å². The summed E-state index contributed by atoms with van der Waals surface area (Å²) in [5.41, 5.74) is 6.25. The minimum Gasteiger partial charge on any atom is -0.381 e. The van der Waals surface area contributed by atoms with Crippen LogP contribution in [-0.2, 0) is 4.79 Å². The Bertz CT molecular complexity index is 1250. The SMILES string of the molecule is Nc1nn2cc(F)cnc2c1C(=O)Nc1cncc(F)c1N1CCN(CC(=O)N2CCC2)CC1. The topological polar surface area (TPSA) is 125 Å². The number of carbonyl (C=O) groups excluding carboxylic acids is 2. The summed E-state index contributed by atoms with van der Waals surface area (Å²) < 4.78 is 29.4. The number of fused-ring (bicyclic) bond motifs is 1. The maximum Gasteiger partial charge on any atom is 0.263 e. The second kappa shape index (κ2) is 8.82. The highest BCUT2D eigenvalue weighted by Gasteiger charge is 2.28. The lowest BCUT2D eigenvalue weighted by Crippen LogP contribution is -2.52. The van der Waals surface area contributed by atoms with Gasteiger partial charge in [0.05, 0.1) is 37.0 Å². The smallest absolute Gasteiger partial charge is 0.263 e. The van der Waals surface area contributed by atoms with Gasteiger partial charge in [0.2, 0.25) is 5.91 Å². The van der Waals surface area contributed by atoms with Crippen molar-refractivity contribution in [2.24, 2.45) is 0 Å². The first-order chi connectivity index (χ1) is 16.4. The lowest BCUT2D eigenvalue weighted by Gasteiger charge is -2.38. The van der Waals surface area contributed by atoms with Crippen LogP contribution in [0.5, 0.6) is 0 Å². The van der Waals surface area contributed by atoms with Crippen molar-refractivity contribution in [3.8, 4) is 0 Å². The molecule has 13 heteroatoms. The van der Waals surface area contributed by atoms with Gasteiger partial charge in [-0.1, -0.05) is 0 Å². The number of hydrogen-bond acceptors (Lipinski definition) is 8. The van der Waals surface area contributed by atoms with Crippen molar-refractivity contribution in [2.75, 3.05) is 61.8 Å². The molecular formula is C21H23F2N9O2. The molecule has 3 N–H and O–H groups in total. The number of nitrogen functional groups attached to an aromatic ring is 1. The molecule has 2 aliphatic rings. The fourth-order valence-electron chi connectivity index (χ4n) is 4.16.